The maximum atomic E-state index is 6.22. The summed E-state index contributed by atoms with van der Waals surface area (Å²) in [6.45, 7) is 0. The maximum Gasteiger partial charge on any atom is 0.0702 e. The van der Waals surface area contributed by atoms with Crippen LogP contribution in [-0.4, -0.2) is 19.2 Å². The summed E-state index contributed by atoms with van der Waals surface area (Å²) in [4.78, 5) is 5.92. The van der Waals surface area contributed by atoms with Gasteiger partial charge in [0.2, 0.25) is 0 Å². The molecule has 0 fully saturated rings. The van der Waals surface area contributed by atoms with E-state index in [1.54, 1.807) is 14.1 Å². The lowest BCUT2D eigenvalue weighted by Gasteiger charge is -2.16. The molecule has 0 saturated heterocycles. The smallest absolute Gasteiger partial charge is 0.0702 e. The first-order valence-electron chi connectivity index (χ1n) is 8.51. The first-order valence-corrected chi connectivity index (χ1v) is 9.25. The van der Waals surface area contributed by atoms with Gasteiger partial charge in [-0.05, 0) is 66.6 Å². The van der Waals surface area contributed by atoms with Gasteiger partial charge in [0, 0.05) is 30.2 Å². The highest BCUT2D eigenvalue weighted by atomic mass is 32.2. The lowest BCUT2D eigenvalue weighted by molar-refractivity contribution is -0.340. The number of nitrogens with zero attached hydrogens (tertiary/aromatic N) is 1. The van der Waals surface area contributed by atoms with Gasteiger partial charge in [-0.15, -0.1) is 9.32 Å². The minimum Gasteiger partial charge on any atom is -0.398 e. The molecule has 4 nitrogen and oxygen atoms in total. The monoisotopic (exact) mass is 356 g/mol. The number of nitrogen functional groups attached to an aromatic ring is 1. The molecule has 25 heavy (non-hydrogen) atoms. The summed E-state index contributed by atoms with van der Waals surface area (Å²) in [5.41, 5.74) is 12.0. The number of rotatable bonds is 6. The fraction of sp³-hybridized carbons (Fsp3) is 0.300. The van der Waals surface area contributed by atoms with E-state index in [0.717, 1.165) is 29.0 Å². The first kappa shape index (κ1) is 18.0. The summed E-state index contributed by atoms with van der Waals surface area (Å²) in [5, 5.41) is 1.50. The number of anilines is 1. The van der Waals surface area contributed by atoms with Crippen LogP contribution in [0.1, 0.15) is 31.2 Å². The number of benzene rings is 2. The highest BCUT2D eigenvalue weighted by Gasteiger charge is 2.11. The molecule has 0 radical (unpaired) electrons. The number of hydrogen-bond acceptors (Lipinski definition) is 5. The van der Waals surface area contributed by atoms with Crippen LogP contribution in [0.5, 0.6) is 0 Å². The molecule has 0 atom stereocenters. The van der Waals surface area contributed by atoms with Crippen molar-refractivity contribution in [3.05, 3.63) is 54.1 Å². The molecule has 0 heterocycles. The minimum atomic E-state index is 0.860. The molecule has 0 bridgehead atoms. The Kier molecular flexibility index (Phi) is 6.15. The predicted molar refractivity (Wildman–Crippen MR) is 104 cm³/mol. The van der Waals surface area contributed by atoms with Crippen molar-refractivity contribution < 1.29 is 9.32 Å². The van der Waals surface area contributed by atoms with Gasteiger partial charge in [-0.2, -0.15) is 5.06 Å². The van der Waals surface area contributed by atoms with Gasteiger partial charge in [-0.25, -0.2) is 0 Å². The summed E-state index contributed by atoms with van der Waals surface area (Å²) >= 11 is 1.19. The Morgan fingerprint density at radius 3 is 2.44 bits per heavy atom. The second-order valence-electron chi connectivity index (χ2n) is 6.34. The van der Waals surface area contributed by atoms with Gasteiger partial charge in [0.05, 0.1) is 12.0 Å². The Morgan fingerprint density at radius 2 is 1.76 bits per heavy atom. The van der Waals surface area contributed by atoms with Crippen molar-refractivity contribution in [1.82, 2.24) is 5.06 Å². The zero-order chi connectivity index (χ0) is 17.6. The Balaban J connectivity index is 1.76. The minimum absolute atomic E-state index is 0.860. The maximum absolute atomic E-state index is 6.22. The predicted octanol–water partition coefficient (Wildman–Crippen LogP) is 5.33. The third-order valence-electron chi connectivity index (χ3n) is 4.19. The Morgan fingerprint density at radius 1 is 1.00 bits per heavy atom. The van der Waals surface area contributed by atoms with E-state index in [2.05, 4.69) is 30.3 Å². The molecule has 0 amide bonds. The van der Waals surface area contributed by atoms with E-state index >= 15 is 0 Å². The Labute approximate surface area is 153 Å². The molecule has 132 valence electrons. The van der Waals surface area contributed by atoms with Gasteiger partial charge in [0.25, 0.3) is 0 Å². The molecular weight excluding hydrogens is 332 g/mol. The first-order chi connectivity index (χ1) is 12.1. The van der Waals surface area contributed by atoms with Crippen molar-refractivity contribution in [3.8, 4) is 11.1 Å². The number of allylic oxidation sites excluding steroid dienone is 2. The van der Waals surface area contributed by atoms with Gasteiger partial charge < -0.3 is 5.73 Å². The molecule has 0 spiro atoms. The molecule has 2 aromatic rings. The second-order valence-corrected chi connectivity index (χ2v) is 7.11. The summed E-state index contributed by atoms with van der Waals surface area (Å²) < 4.78 is 5.06. The highest BCUT2D eigenvalue weighted by Crippen LogP contribution is 2.34. The summed E-state index contributed by atoms with van der Waals surface area (Å²) in [7, 11) is 3.54. The van der Waals surface area contributed by atoms with Crippen LogP contribution in [0.3, 0.4) is 0 Å². The van der Waals surface area contributed by atoms with Gasteiger partial charge in [0.15, 0.2) is 0 Å². The van der Waals surface area contributed by atoms with Crippen LogP contribution in [0.2, 0.25) is 0 Å². The molecule has 3 rings (SSSR count). The highest BCUT2D eigenvalue weighted by molar-refractivity contribution is 7.94. The van der Waals surface area contributed by atoms with Crippen LogP contribution in [0.15, 0.2) is 53.4 Å². The molecule has 2 aromatic carbocycles. The fourth-order valence-corrected chi connectivity index (χ4v) is 3.39. The average molecular weight is 356 g/mol. The van der Waals surface area contributed by atoms with Crippen molar-refractivity contribution in [1.29, 1.82) is 0 Å². The van der Waals surface area contributed by atoms with Crippen molar-refractivity contribution >= 4 is 23.3 Å². The third-order valence-corrected chi connectivity index (χ3v) is 4.78. The van der Waals surface area contributed by atoms with Crippen molar-refractivity contribution in [3.63, 3.8) is 0 Å². The van der Waals surface area contributed by atoms with Crippen LogP contribution >= 0.6 is 12.0 Å². The molecule has 0 saturated carbocycles. The normalized spacial score (nSPS) is 14.6. The molecule has 1 aliphatic carbocycles. The van der Waals surface area contributed by atoms with E-state index < -0.39 is 0 Å². The zero-order valence-electron chi connectivity index (χ0n) is 14.7. The molecule has 0 unspecified atom stereocenters. The van der Waals surface area contributed by atoms with E-state index in [1.165, 1.54) is 46.6 Å². The van der Waals surface area contributed by atoms with Gasteiger partial charge in [-0.3, -0.25) is 0 Å². The molecular formula is C20H24N2O2S. The van der Waals surface area contributed by atoms with E-state index in [9.17, 15) is 0 Å². The van der Waals surface area contributed by atoms with Gasteiger partial charge in [-0.1, -0.05) is 24.3 Å². The van der Waals surface area contributed by atoms with Crippen LogP contribution in [-0.2, 0) is 9.32 Å². The van der Waals surface area contributed by atoms with Crippen LogP contribution in [0.25, 0.3) is 16.7 Å². The Hall–Kier alpha value is -1.79. The Bertz CT molecular complexity index is 742. The SMILES string of the molecule is CN(C)OOSc1ccc(-c2ccc(N)c(C3=CCCCC3)c2)cc1. The summed E-state index contributed by atoms with van der Waals surface area (Å²) in [6, 6.07) is 14.5. The average Bonchev–Trinajstić information content (AvgIpc) is 2.63. The lowest BCUT2D eigenvalue weighted by atomic mass is 9.90. The zero-order valence-corrected chi connectivity index (χ0v) is 15.5. The number of nitrogens with two attached hydrogens (primary N) is 1. The van der Waals surface area contributed by atoms with Crippen LogP contribution in [0.4, 0.5) is 5.69 Å². The standard InChI is InChI=1S/C20H24N2O2S/c1-22(2)23-24-25-18-11-8-15(9-12-18)17-10-13-20(21)19(14-17)16-6-4-3-5-7-16/h6,8-14H,3-5,7,21H2,1-2H3. The van der Waals surface area contributed by atoms with Crippen molar-refractivity contribution in [2.45, 2.75) is 30.6 Å². The molecule has 5 heteroatoms. The van der Waals surface area contributed by atoms with E-state index in [4.69, 9.17) is 15.1 Å². The lowest BCUT2D eigenvalue weighted by Crippen LogP contribution is -2.10. The molecule has 0 aromatic heterocycles. The second kappa shape index (κ2) is 8.54. The van der Waals surface area contributed by atoms with E-state index in [-0.39, 0.29) is 0 Å². The van der Waals surface area contributed by atoms with E-state index in [0.29, 0.717) is 0 Å². The number of hydroxylamine groups is 2. The molecule has 2 N–H and O–H groups in total. The number of hydrogen-bond donors (Lipinski definition) is 1. The van der Waals surface area contributed by atoms with Crippen molar-refractivity contribution in [2.24, 2.45) is 0 Å². The molecule has 0 aliphatic heterocycles. The summed E-state index contributed by atoms with van der Waals surface area (Å²) in [5.74, 6) is 0. The van der Waals surface area contributed by atoms with E-state index in [1.807, 2.05) is 18.2 Å². The largest absolute Gasteiger partial charge is 0.398 e. The summed E-state index contributed by atoms with van der Waals surface area (Å²) in [6.07, 6.45) is 7.13. The van der Waals surface area contributed by atoms with Crippen LogP contribution < -0.4 is 5.73 Å². The van der Waals surface area contributed by atoms with Crippen LogP contribution in [0, 0.1) is 0 Å². The van der Waals surface area contributed by atoms with Gasteiger partial charge >= 0.3 is 0 Å². The third kappa shape index (κ3) is 4.86. The molecule has 1 aliphatic rings. The fourth-order valence-electron chi connectivity index (χ4n) is 2.92. The topological polar surface area (TPSA) is 47.7 Å². The van der Waals surface area contributed by atoms with Gasteiger partial charge in [0.1, 0.15) is 0 Å². The quantitative estimate of drug-likeness (QED) is 0.328. The van der Waals surface area contributed by atoms with Crippen molar-refractivity contribution in [2.75, 3.05) is 19.8 Å².